The van der Waals surface area contributed by atoms with Crippen molar-refractivity contribution in [2.24, 2.45) is 0 Å². The fraction of sp³-hybridized carbons (Fsp3) is 0. The molecule has 13 heteroatoms. The average molecular weight is 336 g/mol. The lowest BCUT2D eigenvalue weighted by atomic mass is 15.8. The van der Waals surface area contributed by atoms with Gasteiger partial charge in [0.15, 0.2) is 0 Å². The highest BCUT2D eigenvalue weighted by atomic mass is 29.7. The van der Waals surface area contributed by atoms with Crippen LogP contribution in [0.25, 0.3) is 0 Å². The van der Waals surface area contributed by atoms with Crippen LogP contribution in [0.2, 0.25) is 0 Å². The van der Waals surface area contributed by atoms with Crippen LogP contribution in [0.3, 0.4) is 0 Å². The Morgan fingerprint density at radius 3 is 1.00 bits per heavy atom. The first kappa shape index (κ1) is 15.1. The normalized spacial score (nSPS) is 20.3. The number of rotatable bonds is 8. The van der Waals surface area contributed by atoms with Crippen molar-refractivity contribution in [3.63, 3.8) is 0 Å². The fourth-order valence-electron chi connectivity index (χ4n) is 1.70. The molecule has 0 heterocycles. The molecule has 0 aliphatic heterocycles. The summed E-state index contributed by atoms with van der Waals surface area (Å²) < 4.78 is 22.5. The molecule has 0 spiro atoms. The summed E-state index contributed by atoms with van der Waals surface area (Å²) >= 11 is 0. The molecule has 0 aliphatic rings. The first-order chi connectivity index (χ1) is 6.24. The average Bonchev–Trinajstić information content (AvgIpc) is 2.06. The molecule has 0 aromatic heterocycles. The second-order valence-corrected chi connectivity index (χ2v) is 63.2. The molecule has 0 atom stereocenters. The van der Waals surface area contributed by atoms with Crippen LogP contribution in [0.1, 0.15) is 0 Å². The van der Waals surface area contributed by atoms with E-state index in [1.165, 1.54) is 0 Å². The Hall–Kier alpha value is 2.11. The van der Waals surface area contributed by atoms with Gasteiger partial charge >= 0.3 is 0 Å². The summed E-state index contributed by atoms with van der Waals surface area (Å²) in [4.78, 5) is 0. The van der Waals surface area contributed by atoms with Crippen LogP contribution >= 0.6 is 0 Å². The third-order valence-corrected chi connectivity index (χ3v) is 56.2. The Bertz CT molecular complexity index is 91.2. The molecule has 0 amide bonds. The number of hydrogen-bond donors (Lipinski definition) is 0. The van der Waals surface area contributed by atoms with Gasteiger partial charge in [-0.05, 0) is 33.3 Å². The molecule has 0 N–H and O–H groups in total. The first-order valence-corrected chi connectivity index (χ1v) is 23.1. The van der Waals surface area contributed by atoms with Crippen LogP contribution in [0.5, 0.6) is 0 Å². The van der Waals surface area contributed by atoms with Crippen molar-refractivity contribution >= 4 is 85.7 Å². The van der Waals surface area contributed by atoms with E-state index >= 15 is 0 Å². The Kier molecular flexibility index (Phi) is 10.9. The van der Waals surface area contributed by atoms with Crippen LogP contribution in [0.15, 0.2) is 0 Å². The fourth-order valence-corrected chi connectivity index (χ4v) is 122. The quantitative estimate of drug-likeness (QED) is 0.413. The second-order valence-electron chi connectivity index (χ2n) is 3.55. The molecular formula is H20AlO4Si8-. The molecule has 0 unspecified atom stereocenters. The van der Waals surface area contributed by atoms with Crippen LogP contribution in [0, 0.1) is 0 Å². The maximum absolute atomic E-state index is 5.63. The van der Waals surface area contributed by atoms with E-state index in [0.29, 0.717) is 0 Å². The molecule has 0 rings (SSSR count). The van der Waals surface area contributed by atoms with Gasteiger partial charge in [-0.25, -0.2) is 0 Å². The van der Waals surface area contributed by atoms with Crippen molar-refractivity contribution in [2.75, 3.05) is 0 Å². The van der Waals surface area contributed by atoms with Crippen LogP contribution in [-0.4, -0.2) is 85.7 Å². The topological polar surface area (TPSA) is 36.9 Å². The van der Waals surface area contributed by atoms with Gasteiger partial charge in [0.2, 0.25) is 10.5 Å². The highest BCUT2D eigenvalue weighted by Gasteiger charge is 2.32. The Morgan fingerprint density at radius 2 is 0.846 bits per heavy atom. The molecule has 4 nitrogen and oxygen atoms in total. The standard InChI is InChI=1S/Al.4H5OSi2/c;4*2-1-3/h;4*2H2,3H3/q-1;;;;. The van der Waals surface area contributed by atoms with Crippen molar-refractivity contribution in [1.29, 1.82) is 0 Å². The molecule has 0 aromatic carbocycles. The van der Waals surface area contributed by atoms with Gasteiger partial charge in [-0.1, -0.05) is 0 Å². The van der Waals surface area contributed by atoms with E-state index in [2.05, 4.69) is 0 Å². The lowest BCUT2D eigenvalue weighted by molar-refractivity contribution is 0.658. The molecule has 0 saturated carbocycles. The lowest BCUT2D eigenvalue weighted by Crippen LogP contribution is -2.63. The first-order valence-electron chi connectivity index (χ1n) is 4.42. The summed E-state index contributed by atoms with van der Waals surface area (Å²) in [6.45, 7) is 0. The van der Waals surface area contributed by atoms with Crippen LogP contribution in [0.4, 0.5) is 0 Å². The van der Waals surface area contributed by atoms with E-state index in [9.17, 15) is 0 Å². The summed E-state index contributed by atoms with van der Waals surface area (Å²) in [5.41, 5.74) is 0. The van der Waals surface area contributed by atoms with Crippen molar-refractivity contribution < 1.29 is 16.5 Å². The van der Waals surface area contributed by atoms with E-state index in [1.54, 1.807) is 0 Å². The zero-order valence-electron chi connectivity index (χ0n) is 9.04. The third kappa shape index (κ3) is 6.31. The molecule has 0 bridgehead atoms. The Balaban J connectivity index is 4.19. The van der Waals surface area contributed by atoms with Gasteiger partial charge in [0.1, 0.15) is 41.9 Å². The van der Waals surface area contributed by atoms with Crippen molar-refractivity contribution in [2.45, 2.75) is 0 Å². The Morgan fingerprint density at radius 1 is 0.615 bits per heavy atom. The summed E-state index contributed by atoms with van der Waals surface area (Å²) in [5, 5.41) is 0. The molecule has 0 aromatic rings. The Labute approximate surface area is 102 Å². The van der Waals surface area contributed by atoms with E-state index < -0.39 is 10.5 Å². The summed E-state index contributed by atoms with van der Waals surface area (Å²) in [5.74, 6) is 0. The highest BCUT2D eigenvalue weighted by molar-refractivity contribution is 7.84. The molecule has 0 aliphatic carbocycles. The highest BCUT2D eigenvalue weighted by Crippen LogP contribution is 1.96. The number of hydrogen-bond acceptors (Lipinski definition) is 4. The molecular weight excluding hydrogens is 316 g/mol. The minimum atomic E-state index is -1.29. The summed E-state index contributed by atoms with van der Waals surface area (Å²) in [6, 6.07) is 0. The van der Waals surface area contributed by atoms with Crippen molar-refractivity contribution in [3.8, 4) is 0 Å². The molecule has 80 valence electrons. The maximum Gasteiger partial charge on any atom is 0.244 e. The van der Waals surface area contributed by atoms with Gasteiger partial charge in [0, 0.05) is 0 Å². The summed E-state index contributed by atoms with van der Waals surface area (Å²) in [7, 11) is 1.63. The smallest absolute Gasteiger partial charge is 0.244 e. The minimum absolute atomic E-state index is 0.199. The molecule has 0 radical (unpaired) electrons. The van der Waals surface area contributed by atoms with Gasteiger partial charge in [0.05, 0.1) is 0 Å². The molecule has 13 heavy (non-hydrogen) atoms. The monoisotopic (exact) mass is 335 g/mol. The maximum atomic E-state index is 5.63. The predicted molar refractivity (Wildman–Crippen MR) is 84.0 cm³/mol. The SMILES string of the molecule is [SiH3]O[SiH2][Al-]([SiH2]O[SiH3])([SiH2]O[SiH3])[SiH2]O[SiH3]. The molecule has 0 saturated heterocycles. The van der Waals surface area contributed by atoms with E-state index in [1.807, 2.05) is 0 Å². The van der Waals surface area contributed by atoms with Crippen LogP contribution < -0.4 is 0 Å². The molecule has 0 fully saturated rings. The van der Waals surface area contributed by atoms with Gasteiger partial charge in [-0.3, -0.25) is 0 Å². The second kappa shape index (κ2) is 9.34. The van der Waals surface area contributed by atoms with Gasteiger partial charge in [0.25, 0.3) is 0 Å². The van der Waals surface area contributed by atoms with E-state index in [4.69, 9.17) is 16.5 Å². The van der Waals surface area contributed by atoms with Crippen molar-refractivity contribution in [1.82, 2.24) is 0 Å². The minimum Gasteiger partial charge on any atom is -0.508 e. The van der Waals surface area contributed by atoms with Crippen LogP contribution in [-0.2, 0) is 16.5 Å². The van der Waals surface area contributed by atoms with Gasteiger partial charge < -0.3 is 16.5 Å². The van der Waals surface area contributed by atoms with E-state index in [-0.39, 0.29) is 33.3 Å². The predicted octanol–water partition coefficient (Wildman–Crippen LogP) is -9.05. The zero-order valence-corrected chi connectivity index (χ0v) is 23.9. The zero-order chi connectivity index (χ0) is 10.2. The van der Waals surface area contributed by atoms with E-state index in [0.717, 1.165) is 41.9 Å². The van der Waals surface area contributed by atoms with Gasteiger partial charge in [-0.15, -0.1) is 0 Å². The van der Waals surface area contributed by atoms with Crippen molar-refractivity contribution in [3.05, 3.63) is 0 Å². The lowest BCUT2D eigenvalue weighted by Gasteiger charge is -2.31. The summed E-state index contributed by atoms with van der Waals surface area (Å²) in [6.07, 6.45) is 0. The third-order valence-electron chi connectivity index (χ3n) is 2.08. The largest absolute Gasteiger partial charge is 0.508 e. The van der Waals surface area contributed by atoms with Gasteiger partial charge in [-0.2, -0.15) is 0 Å².